The van der Waals surface area contributed by atoms with Gasteiger partial charge >= 0.3 is 0 Å². The van der Waals surface area contributed by atoms with Crippen molar-refractivity contribution in [2.45, 2.75) is 6.54 Å². The van der Waals surface area contributed by atoms with E-state index in [2.05, 4.69) is 21.8 Å². The normalized spacial score (nSPS) is 8.83. The molecule has 1 heterocycles. The highest BCUT2D eigenvalue weighted by Gasteiger charge is 1.90. The second kappa shape index (κ2) is 4.44. The van der Waals surface area contributed by atoms with Crippen molar-refractivity contribution >= 4 is 0 Å². The van der Waals surface area contributed by atoms with Gasteiger partial charge in [0.1, 0.15) is 5.82 Å². The first-order valence-electron chi connectivity index (χ1n) is 3.56. The lowest BCUT2D eigenvalue weighted by atomic mass is 10.3. The molecular weight excluding hydrogens is 152 g/mol. The lowest BCUT2D eigenvalue weighted by molar-refractivity contribution is 0.906. The van der Waals surface area contributed by atoms with Gasteiger partial charge in [-0.15, -0.1) is 0 Å². The lowest BCUT2D eigenvalue weighted by Crippen LogP contribution is -2.02. The van der Waals surface area contributed by atoms with Crippen LogP contribution in [0.3, 0.4) is 0 Å². The molecular formula is C8H10N4. The predicted molar refractivity (Wildman–Crippen MR) is 45.9 cm³/mol. The molecule has 0 unspecified atom stereocenters. The number of hydrogen-bond acceptors (Lipinski definition) is 4. The van der Waals surface area contributed by atoms with Gasteiger partial charge in [-0.05, 0) is 0 Å². The zero-order valence-corrected chi connectivity index (χ0v) is 6.62. The maximum atomic E-state index is 5.32. The Hall–Kier alpha value is -1.44. The fraction of sp³-hybridized carbons (Fsp3) is 0.250. The highest BCUT2D eigenvalue weighted by atomic mass is 14.9. The van der Waals surface area contributed by atoms with Crippen molar-refractivity contribution in [3.63, 3.8) is 0 Å². The third-order valence-corrected chi connectivity index (χ3v) is 1.22. The van der Waals surface area contributed by atoms with Crippen molar-refractivity contribution in [3.05, 3.63) is 23.8 Å². The van der Waals surface area contributed by atoms with Gasteiger partial charge in [0, 0.05) is 12.4 Å². The van der Waals surface area contributed by atoms with Gasteiger partial charge in [-0.1, -0.05) is 11.8 Å². The lowest BCUT2D eigenvalue weighted by Gasteiger charge is -1.92. The SMILES string of the molecule is NCC#Cc1cnc(CN)nc1. The van der Waals surface area contributed by atoms with Gasteiger partial charge in [-0.25, -0.2) is 9.97 Å². The summed E-state index contributed by atoms with van der Waals surface area (Å²) in [6.07, 6.45) is 3.27. The second-order valence-electron chi connectivity index (χ2n) is 2.10. The smallest absolute Gasteiger partial charge is 0.141 e. The fourth-order valence-corrected chi connectivity index (χ4v) is 0.678. The molecule has 0 aliphatic heterocycles. The van der Waals surface area contributed by atoms with E-state index in [1.54, 1.807) is 12.4 Å². The largest absolute Gasteiger partial charge is 0.324 e. The molecule has 1 aromatic rings. The van der Waals surface area contributed by atoms with E-state index in [1.807, 2.05) is 0 Å². The fourth-order valence-electron chi connectivity index (χ4n) is 0.678. The zero-order valence-electron chi connectivity index (χ0n) is 6.62. The second-order valence-corrected chi connectivity index (χ2v) is 2.10. The summed E-state index contributed by atoms with van der Waals surface area (Å²) in [7, 11) is 0. The molecule has 4 heteroatoms. The molecule has 1 aromatic heterocycles. The molecule has 0 radical (unpaired) electrons. The first-order chi connectivity index (χ1) is 5.86. The minimum Gasteiger partial charge on any atom is -0.324 e. The molecule has 0 aromatic carbocycles. The van der Waals surface area contributed by atoms with Gasteiger partial charge in [0.2, 0.25) is 0 Å². The van der Waals surface area contributed by atoms with E-state index in [9.17, 15) is 0 Å². The van der Waals surface area contributed by atoms with Crippen molar-refractivity contribution in [2.24, 2.45) is 11.5 Å². The quantitative estimate of drug-likeness (QED) is 0.532. The van der Waals surface area contributed by atoms with Crippen molar-refractivity contribution in [1.29, 1.82) is 0 Å². The van der Waals surface area contributed by atoms with Crippen LogP contribution >= 0.6 is 0 Å². The minimum absolute atomic E-state index is 0.346. The summed E-state index contributed by atoms with van der Waals surface area (Å²) in [6.45, 7) is 0.698. The van der Waals surface area contributed by atoms with Crippen molar-refractivity contribution in [1.82, 2.24) is 9.97 Å². The molecule has 0 spiro atoms. The Morgan fingerprint density at radius 2 is 1.92 bits per heavy atom. The van der Waals surface area contributed by atoms with Crippen molar-refractivity contribution in [3.8, 4) is 11.8 Å². The predicted octanol–water partition coefficient (Wildman–Crippen LogP) is -0.754. The average molecular weight is 162 g/mol. The molecule has 0 saturated carbocycles. The van der Waals surface area contributed by atoms with E-state index in [0.717, 1.165) is 5.56 Å². The van der Waals surface area contributed by atoms with Crippen LogP contribution in [0.15, 0.2) is 12.4 Å². The molecule has 0 amide bonds. The minimum atomic E-state index is 0.346. The maximum Gasteiger partial charge on any atom is 0.141 e. The van der Waals surface area contributed by atoms with Gasteiger partial charge < -0.3 is 11.5 Å². The Kier molecular flexibility index (Phi) is 3.20. The molecule has 62 valence electrons. The van der Waals surface area contributed by atoms with Crippen molar-refractivity contribution in [2.75, 3.05) is 6.54 Å². The van der Waals surface area contributed by atoms with Crippen LogP contribution in [-0.4, -0.2) is 16.5 Å². The topological polar surface area (TPSA) is 77.8 Å². The van der Waals surface area contributed by atoms with E-state index in [-0.39, 0.29) is 0 Å². The number of aromatic nitrogens is 2. The van der Waals surface area contributed by atoms with Gasteiger partial charge in [-0.3, -0.25) is 0 Å². The summed E-state index contributed by atoms with van der Waals surface area (Å²) >= 11 is 0. The Morgan fingerprint density at radius 3 is 2.42 bits per heavy atom. The Bertz CT molecular complexity index is 293. The van der Waals surface area contributed by atoms with Crippen LogP contribution in [0, 0.1) is 11.8 Å². The van der Waals surface area contributed by atoms with Gasteiger partial charge in [0.15, 0.2) is 0 Å². The zero-order chi connectivity index (χ0) is 8.81. The molecule has 12 heavy (non-hydrogen) atoms. The molecule has 0 bridgehead atoms. The molecule has 0 aliphatic rings. The van der Waals surface area contributed by atoms with Crippen LogP contribution in [0.2, 0.25) is 0 Å². The number of rotatable bonds is 1. The summed E-state index contributed by atoms with van der Waals surface area (Å²) in [4.78, 5) is 7.94. The Morgan fingerprint density at radius 1 is 1.25 bits per heavy atom. The number of nitrogens with two attached hydrogens (primary N) is 2. The first-order valence-corrected chi connectivity index (χ1v) is 3.56. The molecule has 4 nitrogen and oxygen atoms in total. The van der Waals surface area contributed by atoms with Gasteiger partial charge in [0.05, 0.1) is 18.7 Å². The van der Waals surface area contributed by atoms with E-state index in [1.165, 1.54) is 0 Å². The molecule has 4 N–H and O–H groups in total. The van der Waals surface area contributed by atoms with Crippen LogP contribution in [0.5, 0.6) is 0 Å². The maximum absolute atomic E-state index is 5.32. The monoisotopic (exact) mass is 162 g/mol. The summed E-state index contributed by atoms with van der Waals surface area (Å²) in [5.74, 6) is 6.14. The molecule has 0 saturated heterocycles. The Balaban J connectivity index is 2.78. The van der Waals surface area contributed by atoms with E-state index in [4.69, 9.17) is 11.5 Å². The molecule has 1 rings (SSSR count). The third-order valence-electron chi connectivity index (χ3n) is 1.22. The average Bonchev–Trinajstić information content (AvgIpc) is 2.15. The number of nitrogens with zero attached hydrogens (tertiary/aromatic N) is 2. The number of hydrogen-bond donors (Lipinski definition) is 2. The summed E-state index contributed by atoms with van der Waals surface area (Å²) in [6, 6.07) is 0. The summed E-state index contributed by atoms with van der Waals surface area (Å²) < 4.78 is 0. The van der Waals surface area contributed by atoms with Gasteiger partial charge in [0.25, 0.3) is 0 Å². The van der Waals surface area contributed by atoms with Crippen LogP contribution in [0.1, 0.15) is 11.4 Å². The molecule has 0 aliphatic carbocycles. The van der Waals surface area contributed by atoms with E-state index < -0.39 is 0 Å². The Labute approximate surface area is 71.0 Å². The highest BCUT2D eigenvalue weighted by molar-refractivity contribution is 5.29. The highest BCUT2D eigenvalue weighted by Crippen LogP contribution is 1.92. The van der Waals surface area contributed by atoms with Crippen molar-refractivity contribution < 1.29 is 0 Å². The van der Waals surface area contributed by atoms with Gasteiger partial charge in [-0.2, -0.15) is 0 Å². The van der Waals surface area contributed by atoms with Crippen LogP contribution < -0.4 is 11.5 Å². The summed E-state index contributed by atoms with van der Waals surface area (Å²) in [5, 5.41) is 0. The van der Waals surface area contributed by atoms with Crippen LogP contribution in [-0.2, 0) is 6.54 Å². The van der Waals surface area contributed by atoms with E-state index >= 15 is 0 Å². The third kappa shape index (κ3) is 2.31. The van der Waals surface area contributed by atoms with E-state index in [0.29, 0.717) is 18.9 Å². The summed E-state index contributed by atoms with van der Waals surface area (Å²) in [5.41, 5.74) is 11.3. The van der Waals surface area contributed by atoms with Crippen LogP contribution in [0.4, 0.5) is 0 Å². The van der Waals surface area contributed by atoms with Crippen LogP contribution in [0.25, 0.3) is 0 Å². The first kappa shape index (κ1) is 8.65. The molecule has 0 fully saturated rings. The molecule has 0 atom stereocenters. The standard InChI is InChI=1S/C8H10N4/c9-3-1-2-7-5-11-8(4-10)12-6-7/h5-6H,3-4,9-10H2.